The van der Waals surface area contributed by atoms with E-state index in [0.29, 0.717) is 29.9 Å². The maximum absolute atomic E-state index is 11.4. The molecule has 1 rings (SSSR count). The molecule has 0 radical (unpaired) electrons. The highest BCUT2D eigenvalue weighted by atomic mass is 16.5. The van der Waals surface area contributed by atoms with Gasteiger partial charge in [-0.2, -0.15) is 0 Å². The van der Waals surface area contributed by atoms with Crippen LogP contribution in [0.4, 0.5) is 0 Å². The van der Waals surface area contributed by atoms with Crippen LogP contribution < -0.4 is 16.0 Å². The first-order valence-corrected chi connectivity index (χ1v) is 7.38. The second-order valence-electron chi connectivity index (χ2n) is 5.81. The Morgan fingerprint density at radius 3 is 2.71 bits per heavy atom. The van der Waals surface area contributed by atoms with Gasteiger partial charge in [0.2, 0.25) is 0 Å². The molecule has 0 fully saturated rings. The second kappa shape index (κ2) is 8.64. The maximum Gasteiger partial charge on any atom is 0.265 e. The molecule has 1 unspecified atom stereocenters. The van der Waals surface area contributed by atoms with Crippen LogP contribution in [0.2, 0.25) is 0 Å². The lowest BCUT2D eigenvalue weighted by Gasteiger charge is -2.26. The van der Waals surface area contributed by atoms with Crippen LogP contribution in [0, 0.1) is 5.92 Å². The standard InChI is InChI=1S/C16H27N3O2/c1-12(2)10-13(3)19(4)8-9-21-15-7-5-6-14(11-15)16(20)18-17/h5-7,11-13H,8-10,17H2,1-4H3,(H,18,20). The van der Waals surface area contributed by atoms with E-state index in [0.717, 1.165) is 6.54 Å². The largest absolute Gasteiger partial charge is 0.492 e. The number of carbonyl (C=O) groups is 1. The summed E-state index contributed by atoms with van der Waals surface area (Å²) < 4.78 is 5.70. The Bertz CT molecular complexity index is 449. The van der Waals surface area contributed by atoms with Crippen molar-refractivity contribution in [2.75, 3.05) is 20.2 Å². The highest BCUT2D eigenvalue weighted by molar-refractivity contribution is 5.94. The Hall–Kier alpha value is -1.59. The van der Waals surface area contributed by atoms with Crippen molar-refractivity contribution >= 4 is 5.91 Å². The Morgan fingerprint density at radius 2 is 2.10 bits per heavy atom. The van der Waals surface area contributed by atoms with Crippen LogP contribution >= 0.6 is 0 Å². The zero-order valence-electron chi connectivity index (χ0n) is 13.4. The van der Waals surface area contributed by atoms with Crippen LogP contribution in [-0.4, -0.2) is 37.0 Å². The highest BCUT2D eigenvalue weighted by Crippen LogP contribution is 2.14. The molecule has 5 nitrogen and oxygen atoms in total. The van der Waals surface area contributed by atoms with Gasteiger partial charge in [-0.15, -0.1) is 0 Å². The van der Waals surface area contributed by atoms with Gasteiger partial charge in [-0.3, -0.25) is 10.2 Å². The first-order chi connectivity index (χ1) is 9.93. The minimum absolute atomic E-state index is 0.317. The van der Waals surface area contributed by atoms with E-state index < -0.39 is 0 Å². The Kier molecular flexibility index (Phi) is 7.19. The summed E-state index contributed by atoms with van der Waals surface area (Å²) in [5.74, 6) is 6.17. The molecule has 0 heterocycles. The Labute approximate surface area is 127 Å². The lowest BCUT2D eigenvalue weighted by molar-refractivity contribution is 0.0953. The summed E-state index contributed by atoms with van der Waals surface area (Å²) in [5, 5.41) is 0. The molecule has 0 aliphatic rings. The summed E-state index contributed by atoms with van der Waals surface area (Å²) >= 11 is 0. The molecule has 0 bridgehead atoms. The number of nitrogens with two attached hydrogens (primary N) is 1. The normalized spacial score (nSPS) is 12.5. The van der Waals surface area contributed by atoms with Crippen molar-refractivity contribution in [3.05, 3.63) is 29.8 Å². The van der Waals surface area contributed by atoms with Gasteiger partial charge in [-0.25, -0.2) is 5.84 Å². The van der Waals surface area contributed by atoms with E-state index >= 15 is 0 Å². The maximum atomic E-state index is 11.4. The third kappa shape index (κ3) is 6.14. The topological polar surface area (TPSA) is 67.6 Å². The van der Waals surface area contributed by atoms with Crippen molar-refractivity contribution in [3.8, 4) is 5.75 Å². The molecule has 5 heteroatoms. The molecular weight excluding hydrogens is 266 g/mol. The summed E-state index contributed by atoms with van der Waals surface area (Å²) in [6, 6.07) is 7.55. The van der Waals surface area contributed by atoms with E-state index in [1.165, 1.54) is 6.42 Å². The monoisotopic (exact) mass is 293 g/mol. The molecule has 118 valence electrons. The van der Waals surface area contributed by atoms with Crippen molar-refractivity contribution in [1.82, 2.24) is 10.3 Å². The number of benzene rings is 1. The predicted octanol–water partition coefficient (Wildman–Crippen LogP) is 2.04. The summed E-state index contributed by atoms with van der Waals surface area (Å²) in [7, 11) is 2.11. The second-order valence-corrected chi connectivity index (χ2v) is 5.81. The fraction of sp³-hybridized carbons (Fsp3) is 0.562. The summed E-state index contributed by atoms with van der Waals surface area (Å²) in [4.78, 5) is 13.7. The molecule has 3 N–H and O–H groups in total. The molecule has 0 saturated heterocycles. The zero-order valence-corrected chi connectivity index (χ0v) is 13.4. The number of ether oxygens (including phenoxy) is 1. The molecule has 0 aliphatic heterocycles. The summed E-state index contributed by atoms with van der Waals surface area (Å²) in [5.41, 5.74) is 2.61. The molecule has 0 aliphatic carbocycles. The molecule has 0 saturated carbocycles. The minimum Gasteiger partial charge on any atom is -0.492 e. The van der Waals surface area contributed by atoms with Gasteiger partial charge in [0.1, 0.15) is 12.4 Å². The average Bonchev–Trinajstić information content (AvgIpc) is 2.45. The number of hydrogen-bond donors (Lipinski definition) is 2. The number of nitrogens with one attached hydrogen (secondary N) is 1. The van der Waals surface area contributed by atoms with E-state index in [1.807, 2.05) is 6.07 Å². The summed E-state index contributed by atoms with van der Waals surface area (Å²) in [6.45, 7) is 8.13. The molecule has 1 amide bonds. The number of rotatable bonds is 8. The number of hydrazine groups is 1. The first kappa shape index (κ1) is 17.5. The fourth-order valence-corrected chi connectivity index (χ4v) is 2.20. The first-order valence-electron chi connectivity index (χ1n) is 7.38. The molecule has 1 atom stereocenters. The van der Waals surface area contributed by atoms with Crippen LogP contribution in [0.1, 0.15) is 37.6 Å². The van der Waals surface area contributed by atoms with Crippen LogP contribution in [0.15, 0.2) is 24.3 Å². The number of hydrogen-bond acceptors (Lipinski definition) is 4. The predicted molar refractivity (Wildman–Crippen MR) is 85.1 cm³/mol. The Morgan fingerprint density at radius 1 is 1.38 bits per heavy atom. The fourth-order valence-electron chi connectivity index (χ4n) is 2.20. The van der Waals surface area contributed by atoms with Crippen LogP contribution in [0.25, 0.3) is 0 Å². The lowest BCUT2D eigenvalue weighted by Crippen LogP contribution is -2.33. The molecule has 0 aromatic heterocycles. The molecule has 1 aromatic rings. The number of carbonyl (C=O) groups excluding carboxylic acids is 1. The smallest absolute Gasteiger partial charge is 0.265 e. The van der Waals surface area contributed by atoms with Gasteiger partial charge in [0.05, 0.1) is 0 Å². The van der Waals surface area contributed by atoms with Gasteiger partial charge in [0.15, 0.2) is 0 Å². The number of likely N-dealkylation sites (N-methyl/N-ethyl adjacent to an activating group) is 1. The quantitative estimate of drug-likeness (QED) is 0.437. The van der Waals surface area contributed by atoms with Gasteiger partial charge in [-0.05, 0) is 44.5 Å². The van der Waals surface area contributed by atoms with Gasteiger partial charge in [0.25, 0.3) is 5.91 Å². The van der Waals surface area contributed by atoms with Crippen molar-refractivity contribution in [2.24, 2.45) is 11.8 Å². The third-order valence-electron chi connectivity index (χ3n) is 3.51. The lowest BCUT2D eigenvalue weighted by atomic mass is 10.0. The van der Waals surface area contributed by atoms with Gasteiger partial charge in [-0.1, -0.05) is 19.9 Å². The SMILES string of the molecule is CC(C)CC(C)N(C)CCOc1cccc(C(=O)NN)c1. The highest BCUT2D eigenvalue weighted by Gasteiger charge is 2.11. The third-order valence-corrected chi connectivity index (χ3v) is 3.51. The van der Waals surface area contributed by atoms with Gasteiger partial charge < -0.3 is 9.64 Å². The average molecular weight is 293 g/mol. The molecule has 1 aromatic carbocycles. The van der Waals surface area contributed by atoms with Gasteiger partial charge >= 0.3 is 0 Å². The number of nitrogen functional groups attached to an aromatic ring is 1. The van der Waals surface area contributed by atoms with Crippen LogP contribution in [0.3, 0.4) is 0 Å². The van der Waals surface area contributed by atoms with Crippen molar-refractivity contribution in [1.29, 1.82) is 0 Å². The number of nitrogens with zero attached hydrogens (tertiary/aromatic N) is 1. The van der Waals surface area contributed by atoms with E-state index in [1.54, 1.807) is 18.2 Å². The van der Waals surface area contributed by atoms with Crippen LogP contribution in [-0.2, 0) is 0 Å². The zero-order chi connectivity index (χ0) is 15.8. The Balaban J connectivity index is 2.43. The molecule has 0 spiro atoms. The number of amides is 1. The van der Waals surface area contributed by atoms with Gasteiger partial charge in [0, 0.05) is 18.2 Å². The van der Waals surface area contributed by atoms with Crippen molar-refractivity contribution in [3.63, 3.8) is 0 Å². The van der Waals surface area contributed by atoms with E-state index in [2.05, 4.69) is 38.1 Å². The minimum atomic E-state index is -0.317. The van der Waals surface area contributed by atoms with Crippen molar-refractivity contribution in [2.45, 2.75) is 33.2 Å². The molecular formula is C16H27N3O2. The van der Waals surface area contributed by atoms with Crippen molar-refractivity contribution < 1.29 is 9.53 Å². The van der Waals surface area contributed by atoms with E-state index in [9.17, 15) is 4.79 Å². The molecule has 21 heavy (non-hydrogen) atoms. The van der Waals surface area contributed by atoms with Crippen LogP contribution in [0.5, 0.6) is 5.75 Å². The summed E-state index contributed by atoms with van der Waals surface area (Å²) in [6.07, 6.45) is 1.17. The van der Waals surface area contributed by atoms with E-state index in [4.69, 9.17) is 10.6 Å². The van der Waals surface area contributed by atoms with E-state index in [-0.39, 0.29) is 5.91 Å².